The summed E-state index contributed by atoms with van der Waals surface area (Å²) in [5, 5.41) is 0. The average molecular weight is 463 g/mol. The Bertz CT molecular complexity index is 860. The van der Waals surface area contributed by atoms with Crippen LogP contribution in [0.5, 0.6) is 11.5 Å². The molecule has 0 aliphatic heterocycles. The normalized spacial score (nSPS) is 12.1. The highest BCUT2D eigenvalue weighted by atomic mass is 79.9. The first-order valence-corrected chi connectivity index (χ1v) is 10.1. The lowest BCUT2D eigenvalue weighted by atomic mass is 9.87. The Morgan fingerprint density at radius 1 is 1.07 bits per heavy atom. The summed E-state index contributed by atoms with van der Waals surface area (Å²) in [6.07, 6.45) is -0.766. The first-order valence-electron chi connectivity index (χ1n) is 9.31. The summed E-state index contributed by atoms with van der Waals surface area (Å²) in [6, 6.07) is 13.1. The van der Waals surface area contributed by atoms with E-state index in [1.54, 1.807) is 19.1 Å². The molecule has 2 amide bonds. The molecule has 1 unspecified atom stereocenters. The number of amides is 2. The van der Waals surface area contributed by atoms with Crippen molar-refractivity contribution in [1.82, 2.24) is 10.9 Å². The lowest BCUT2D eigenvalue weighted by molar-refractivity contribution is -0.133. The summed E-state index contributed by atoms with van der Waals surface area (Å²) in [4.78, 5) is 24.0. The van der Waals surface area contributed by atoms with Crippen molar-refractivity contribution in [3.8, 4) is 11.5 Å². The van der Waals surface area contributed by atoms with Gasteiger partial charge < -0.3 is 9.47 Å². The third-order valence-electron chi connectivity index (χ3n) is 4.18. The van der Waals surface area contributed by atoms with Gasteiger partial charge in [-0.3, -0.25) is 20.4 Å². The van der Waals surface area contributed by atoms with E-state index in [1.807, 2.05) is 37.3 Å². The van der Waals surface area contributed by atoms with Crippen LogP contribution in [-0.4, -0.2) is 24.5 Å². The van der Waals surface area contributed by atoms with E-state index in [4.69, 9.17) is 9.47 Å². The molecule has 0 radical (unpaired) electrons. The summed E-state index contributed by atoms with van der Waals surface area (Å²) < 4.78 is 11.8. The number of hydrogen-bond donors (Lipinski definition) is 2. The minimum Gasteiger partial charge on any atom is -0.483 e. The molecule has 2 N–H and O–H groups in total. The predicted molar refractivity (Wildman–Crippen MR) is 116 cm³/mol. The molecule has 0 bridgehead atoms. The van der Waals surface area contributed by atoms with E-state index < -0.39 is 17.9 Å². The van der Waals surface area contributed by atoms with Crippen molar-refractivity contribution in [2.24, 2.45) is 0 Å². The van der Waals surface area contributed by atoms with Crippen molar-refractivity contribution in [3.05, 3.63) is 58.1 Å². The Balaban J connectivity index is 1.79. The van der Waals surface area contributed by atoms with Crippen LogP contribution < -0.4 is 20.3 Å². The number of nitrogens with one attached hydrogen (secondary N) is 2. The lowest BCUT2D eigenvalue weighted by Crippen LogP contribution is -2.48. The van der Waals surface area contributed by atoms with Crippen LogP contribution in [0, 0.1) is 6.92 Å². The fourth-order valence-corrected chi connectivity index (χ4v) is 2.86. The molecule has 0 fully saturated rings. The average Bonchev–Trinajstić information content (AvgIpc) is 2.66. The van der Waals surface area contributed by atoms with Crippen LogP contribution in [0.4, 0.5) is 0 Å². The van der Waals surface area contributed by atoms with Crippen molar-refractivity contribution in [1.29, 1.82) is 0 Å². The number of hydrogen-bond acceptors (Lipinski definition) is 4. The molecule has 2 aromatic rings. The molecule has 7 heteroatoms. The van der Waals surface area contributed by atoms with Crippen LogP contribution in [-0.2, 0) is 15.0 Å². The van der Waals surface area contributed by atoms with E-state index in [-0.39, 0.29) is 12.0 Å². The number of carbonyl (C=O) groups is 2. The van der Waals surface area contributed by atoms with Crippen LogP contribution in [0.3, 0.4) is 0 Å². The smallest absolute Gasteiger partial charge is 0.279 e. The van der Waals surface area contributed by atoms with Crippen LogP contribution in [0.25, 0.3) is 0 Å². The number of halogens is 1. The second kappa shape index (κ2) is 9.78. The van der Waals surface area contributed by atoms with Crippen LogP contribution in [0.1, 0.15) is 38.8 Å². The summed E-state index contributed by atoms with van der Waals surface area (Å²) in [5.41, 5.74) is 6.92. The van der Waals surface area contributed by atoms with Gasteiger partial charge in [0.05, 0.1) is 4.47 Å². The molecule has 0 aliphatic rings. The van der Waals surface area contributed by atoms with Crippen LogP contribution in [0.2, 0.25) is 0 Å². The largest absolute Gasteiger partial charge is 0.483 e. The standard InChI is InChI=1S/C22H27BrN2O4/c1-14-6-9-17(10-7-14)29-15(2)21(27)25-24-20(26)13-28-19-11-8-16(12-18(19)23)22(3,4)5/h6-12,15H,13H2,1-5H3,(H,24,26)(H,25,27). The zero-order chi connectivity index (χ0) is 21.6. The first-order chi connectivity index (χ1) is 13.6. The highest BCUT2D eigenvalue weighted by Gasteiger charge is 2.17. The van der Waals surface area contributed by atoms with E-state index in [1.165, 1.54) is 0 Å². The summed E-state index contributed by atoms with van der Waals surface area (Å²) in [6.45, 7) is 9.70. The monoisotopic (exact) mass is 462 g/mol. The second-order valence-corrected chi connectivity index (χ2v) is 8.65. The minimum atomic E-state index is -0.766. The number of carbonyl (C=O) groups excluding carboxylic acids is 2. The fourth-order valence-electron chi connectivity index (χ4n) is 2.37. The van der Waals surface area contributed by atoms with Crippen molar-refractivity contribution in [2.45, 2.75) is 46.1 Å². The number of aryl methyl sites for hydroxylation is 1. The lowest BCUT2D eigenvalue weighted by Gasteiger charge is -2.20. The fraction of sp³-hybridized carbons (Fsp3) is 0.364. The Hall–Kier alpha value is -2.54. The van der Waals surface area contributed by atoms with Gasteiger partial charge in [0.1, 0.15) is 11.5 Å². The Morgan fingerprint density at radius 3 is 2.31 bits per heavy atom. The topological polar surface area (TPSA) is 76.7 Å². The van der Waals surface area contributed by atoms with E-state index in [2.05, 4.69) is 47.6 Å². The van der Waals surface area contributed by atoms with Crippen molar-refractivity contribution >= 4 is 27.7 Å². The van der Waals surface area contributed by atoms with Gasteiger partial charge in [-0.2, -0.15) is 0 Å². The van der Waals surface area contributed by atoms with Crippen LogP contribution >= 0.6 is 15.9 Å². The van der Waals surface area contributed by atoms with E-state index in [0.29, 0.717) is 11.5 Å². The molecule has 0 saturated heterocycles. The van der Waals surface area contributed by atoms with Gasteiger partial charge in [-0.05, 0) is 65.0 Å². The van der Waals surface area contributed by atoms with Crippen molar-refractivity contribution in [2.75, 3.05) is 6.61 Å². The summed E-state index contributed by atoms with van der Waals surface area (Å²) in [7, 11) is 0. The third-order valence-corrected chi connectivity index (χ3v) is 4.80. The summed E-state index contributed by atoms with van der Waals surface area (Å²) >= 11 is 3.46. The summed E-state index contributed by atoms with van der Waals surface area (Å²) in [5.74, 6) is 0.189. The van der Waals surface area contributed by atoms with E-state index >= 15 is 0 Å². The quantitative estimate of drug-likeness (QED) is 0.634. The van der Waals surface area contributed by atoms with Gasteiger partial charge in [0, 0.05) is 0 Å². The Kier molecular flexibility index (Phi) is 7.67. The molecule has 1 atom stereocenters. The van der Waals surface area contributed by atoms with Gasteiger partial charge in [0.25, 0.3) is 11.8 Å². The molecule has 2 aromatic carbocycles. The number of hydrazine groups is 1. The second-order valence-electron chi connectivity index (χ2n) is 7.79. The minimum absolute atomic E-state index is 0.0139. The number of benzene rings is 2. The maximum atomic E-state index is 12.1. The van der Waals surface area contributed by atoms with Crippen molar-refractivity contribution < 1.29 is 19.1 Å². The maximum absolute atomic E-state index is 12.1. The van der Waals surface area contributed by atoms with Gasteiger partial charge in [-0.25, -0.2) is 0 Å². The highest BCUT2D eigenvalue weighted by molar-refractivity contribution is 9.10. The molecule has 2 rings (SSSR count). The SMILES string of the molecule is Cc1ccc(OC(C)C(=O)NNC(=O)COc2ccc(C(C)(C)C)cc2Br)cc1. The van der Waals surface area contributed by atoms with Gasteiger partial charge >= 0.3 is 0 Å². The zero-order valence-corrected chi connectivity index (χ0v) is 18.9. The molecular weight excluding hydrogens is 436 g/mol. The highest BCUT2D eigenvalue weighted by Crippen LogP contribution is 2.31. The van der Waals surface area contributed by atoms with Crippen molar-refractivity contribution in [3.63, 3.8) is 0 Å². The van der Waals surface area contributed by atoms with Gasteiger partial charge in [0.15, 0.2) is 12.7 Å². The Labute approximate surface area is 180 Å². The molecule has 0 saturated carbocycles. The molecule has 156 valence electrons. The van der Waals surface area contributed by atoms with Gasteiger partial charge in [-0.1, -0.05) is 44.5 Å². The molecule has 0 heterocycles. The zero-order valence-electron chi connectivity index (χ0n) is 17.3. The maximum Gasteiger partial charge on any atom is 0.279 e. The molecule has 6 nitrogen and oxygen atoms in total. The van der Waals surface area contributed by atoms with Gasteiger partial charge in [-0.15, -0.1) is 0 Å². The molecular formula is C22H27BrN2O4. The molecule has 0 spiro atoms. The first kappa shape index (κ1) is 22.7. The predicted octanol–water partition coefficient (Wildman–Crippen LogP) is 4.05. The van der Waals surface area contributed by atoms with E-state index in [0.717, 1.165) is 15.6 Å². The number of rotatable bonds is 6. The van der Waals surface area contributed by atoms with Gasteiger partial charge in [0.2, 0.25) is 0 Å². The molecule has 0 aliphatic carbocycles. The molecule has 0 aromatic heterocycles. The Morgan fingerprint density at radius 2 is 1.72 bits per heavy atom. The van der Waals surface area contributed by atoms with E-state index in [9.17, 15) is 9.59 Å². The van der Waals surface area contributed by atoms with Crippen LogP contribution in [0.15, 0.2) is 46.9 Å². The third kappa shape index (κ3) is 7.09. The molecule has 29 heavy (non-hydrogen) atoms. The number of ether oxygens (including phenoxy) is 2.